The van der Waals surface area contributed by atoms with E-state index in [1.807, 2.05) is 32.0 Å². The molecule has 3 heterocycles. The summed E-state index contributed by atoms with van der Waals surface area (Å²) in [5, 5.41) is 4.20. The van der Waals surface area contributed by atoms with Crippen LogP contribution in [0, 0.1) is 19.8 Å². The predicted octanol–water partition coefficient (Wildman–Crippen LogP) is 1.63. The van der Waals surface area contributed by atoms with Crippen LogP contribution in [0.5, 0.6) is 0 Å². The highest BCUT2D eigenvalue weighted by Crippen LogP contribution is 2.40. The number of fused-ring (bicyclic) bond motifs is 3. The van der Waals surface area contributed by atoms with Crippen molar-refractivity contribution in [3.05, 3.63) is 40.7 Å². The van der Waals surface area contributed by atoms with E-state index in [-0.39, 0.29) is 5.91 Å². The number of hydrogen-bond acceptors (Lipinski definition) is 4. The van der Waals surface area contributed by atoms with Crippen molar-refractivity contribution in [3.63, 3.8) is 0 Å². The SMILES string of the molecule is Cc1ncc2c(n1)[C@H]1CN(C(=O)c3cnn(C)c3C)C[C@H]1CC2. The first-order valence-electron chi connectivity index (χ1n) is 8.15. The second kappa shape index (κ2) is 5.15. The Balaban J connectivity index is 1.62. The largest absolute Gasteiger partial charge is 0.338 e. The van der Waals surface area contributed by atoms with E-state index in [4.69, 9.17) is 0 Å². The van der Waals surface area contributed by atoms with E-state index in [0.29, 0.717) is 17.4 Å². The molecular weight excluding hydrogens is 290 g/mol. The highest BCUT2D eigenvalue weighted by atomic mass is 16.2. The van der Waals surface area contributed by atoms with Crippen molar-refractivity contribution in [2.45, 2.75) is 32.6 Å². The molecule has 0 unspecified atom stereocenters. The van der Waals surface area contributed by atoms with E-state index in [1.54, 1.807) is 10.9 Å². The van der Waals surface area contributed by atoms with Crippen LogP contribution in [0.25, 0.3) is 0 Å². The summed E-state index contributed by atoms with van der Waals surface area (Å²) >= 11 is 0. The van der Waals surface area contributed by atoms with Gasteiger partial charge in [-0.05, 0) is 38.2 Å². The van der Waals surface area contributed by atoms with Gasteiger partial charge in [-0.15, -0.1) is 0 Å². The fourth-order valence-electron chi connectivity index (χ4n) is 3.89. The fourth-order valence-corrected chi connectivity index (χ4v) is 3.89. The Morgan fingerprint density at radius 3 is 2.83 bits per heavy atom. The van der Waals surface area contributed by atoms with Gasteiger partial charge < -0.3 is 4.90 Å². The van der Waals surface area contributed by atoms with Gasteiger partial charge in [0.1, 0.15) is 5.82 Å². The molecule has 0 aromatic carbocycles. The third-order valence-corrected chi connectivity index (χ3v) is 5.35. The van der Waals surface area contributed by atoms with Crippen LogP contribution in [-0.2, 0) is 13.5 Å². The zero-order valence-corrected chi connectivity index (χ0v) is 13.8. The topological polar surface area (TPSA) is 63.9 Å². The first-order valence-corrected chi connectivity index (χ1v) is 8.15. The molecule has 1 aliphatic heterocycles. The number of amides is 1. The van der Waals surface area contributed by atoms with Gasteiger partial charge in [0, 0.05) is 37.9 Å². The lowest BCUT2D eigenvalue weighted by Crippen LogP contribution is -2.29. The predicted molar refractivity (Wildman–Crippen MR) is 85.2 cm³/mol. The molecule has 4 rings (SSSR count). The molecular formula is C17H21N5O. The number of rotatable bonds is 1. The molecule has 2 aromatic heterocycles. The first kappa shape index (κ1) is 14.4. The van der Waals surface area contributed by atoms with Gasteiger partial charge in [-0.1, -0.05) is 0 Å². The molecule has 0 saturated carbocycles. The minimum atomic E-state index is 0.0947. The molecule has 0 radical (unpaired) electrons. The summed E-state index contributed by atoms with van der Waals surface area (Å²) in [4.78, 5) is 23.8. The van der Waals surface area contributed by atoms with Crippen molar-refractivity contribution >= 4 is 5.91 Å². The molecule has 0 N–H and O–H groups in total. The average Bonchev–Trinajstić information content (AvgIpc) is 3.11. The van der Waals surface area contributed by atoms with Crippen molar-refractivity contribution < 1.29 is 4.79 Å². The van der Waals surface area contributed by atoms with Crippen LogP contribution < -0.4 is 0 Å². The van der Waals surface area contributed by atoms with Gasteiger partial charge in [-0.25, -0.2) is 9.97 Å². The van der Waals surface area contributed by atoms with Crippen LogP contribution in [0.3, 0.4) is 0 Å². The van der Waals surface area contributed by atoms with Gasteiger partial charge in [-0.2, -0.15) is 5.10 Å². The normalized spacial score (nSPS) is 22.8. The molecule has 0 bridgehead atoms. The maximum absolute atomic E-state index is 12.8. The third kappa shape index (κ3) is 2.24. The van der Waals surface area contributed by atoms with Crippen LogP contribution in [0.2, 0.25) is 0 Å². The molecule has 2 aromatic rings. The van der Waals surface area contributed by atoms with Crippen LogP contribution in [0.1, 0.15) is 45.5 Å². The molecule has 6 heteroatoms. The number of aryl methyl sites for hydroxylation is 3. The summed E-state index contributed by atoms with van der Waals surface area (Å²) in [6.07, 6.45) is 5.77. The maximum Gasteiger partial charge on any atom is 0.257 e. The first-order chi connectivity index (χ1) is 11.0. The van der Waals surface area contributed by atoms with Gasteiger partial charge >= 0.3 is 0 Å². The second-order valence-electron chi connectivity index (χ2n) is 6.71. The molecule has 0 spiro atoms. The molecule has 23 heavy (non-hydrogen) atoms. The van der Waals surface area contributed by atoms with Gasteiger partial charge in [0.25, 0.3) is 5.91 Å². The molecule has 1 aliphatic carbocycles. The summed E-state index contributed by atoms with van der Waals surface area (Å²) < 4.78 is 1.75. The Kier molecular flexibility index (Phi) is 3.21. The van der Waals surface area contributed by atoms with E-state index in [9.17, 15) is 4.79 Å². The quantitative estimate of drug-likeness (QED) is 0.803. The smallest absolute Gasteiger partial charge is 0.257 e. The number of carbonyl (C=O) groups is 1. The number of carbonyl (C=O) groups excluding carboxylic acids is 1. The molecule has 1 fully saturated rings. The van der Waals surface area contributed by atoms with Crippen molar-refractivity contribution in [1.82, 2.24) is 24.6 Å². The standard InChI is InChI=1S/C17H21N5O/c1-10-14(7-19-21(10)3)17(23)22-8-13-5-4-12-6-18-11(2)20-16(12)15(13)9-22/h6-7,13,15H,4-5,8-9H2,1-3H3/t13-,15+/m1/s1. The molecule has 2 aliphatic rings. The van der Waals surface area contributed by atoms with Crippen molar-refractivity contribution in [2.24, 2.45) is 13.0 Å². The number of likely N-dealkylation sites (tertiary alicyclic amines) is 1. The number of aromatic nitrogens is 4. The highest BCUT2D eigenvalue weighted by molar-refractivity contribution is 5.95. The fraction of sp³-hybridized carbons (Fsp3) is 0.529. The van der Waals surface area contributed by atoms with Gasteiger partial charge in [-0.3, -0.25) is 9.48 Å². The van der Waals surface area contributed by atoms with Crippen LogP contribution in [0.4, 0.5) is 0 Å². The van der Waals surface area contributed by atoms with E-state index in [2.05, 4.69) is 15.1 Å². The summed E-state index contributed by atoms with van der Waals surface area (Å²) in [7, 11) is 1.87. The summed E-state index contributed by atoms with van der Waals surface area (Å²) in [5.41, 5.74) is 4.05. The molecule has 6 nitrogen and oxygen atoms in total. The van der Waals surface area contributed by atoms with E-state index < -0.39 is 0 Å². The lowest BCUT2D eigenvalue weighted by atomic mass is 9.80. The minimum Gasteiger partial charge on any atom is -0.338 e. The van der Waals surface area contributed by atoms with Gasteiger partial charge in [0.15, 0.2) is 0 Å². The molecule has 120 valence electrons. The molecule has 1 amide bonds. The Morgan fingerprint density at radius 2 is 2.09 bits per heavy atom. The number of hydrogen-bond donors (Lipinski definition) is 0. The average molecular weight is 311 g/mol. The van der Waals surface area contributed by atoms with Gasteiger partial charge in [0.2, 0.25) is 0 Å². The third-order valence-electron chi connectivity index (χ3n) is 5.35. The molecule has 2 atom stereocenters. The Hall–Kier alpha value is -2.24. The lowest BCUT2D eigenvalue weighted by molar-refractivity contribution is 0.0785. The van der Waals surface area contributed by atoms with E-state index in [0.717, 1.165) is 43.1 Å². The van der Waals surface area contributed by atoms with E-state index in [1.165, 1.54) is 5.56 Å². The lowest BCUT2D eigenvalue weighted by Gasteiger charge is -2.25. The van der Waals surface area contributed by atoms with Crippen molar-refractivity contribution in [1.29, 1.82) is 0 Å². The van der Waals surface area contributed by atoms with Gasteiger partial charge in [0.05, 0.1) is 17.5 Å². The number of nitrogens with zero attached hydrogens (tertiary/aromatic N) is 5. The summed E-state index contributed by atoms with van der Waals surface area (Å²) in [5.74, 6) is 1.77. The second-order valence-corrected chi connectivity index (χ2v) is 6.71. The highest BCUT2D eigenvalue weighted by Gasteiger charge is 2.41. The zero-order chi connectivity index (χ0) is 16.1. The molecule has 1 saturated heterocycles. The van der Waals surface area contributed by atoms with E-state index >= 15 is 0 Å². The van der Waals surface area contributed by atoms with Crippen molar-refractivity contribution in [2.75, 3.05) is 13.1 Å². The zero-order valence-electron chi connectivity index (χ0n) is 13.8. The van der Waals surface area contributed by atoms with Crippen LogP contribution in [0.15, 0.2) is 12.4 Å². The Bertz CT molecular complexity index is 781. The monoisotopic (exact) mass is 311 g/mol. The summed E-state index contributed by atoms with van der Waals surface area (Å²) in [6, 6.07) is 0. The minimum absolute atomic E-state index is 0.0947. The van der Waals surface area contributed by atoms with Crippen LogP contribution >= 0.6 is 0 Å². The Labute approximate surface area is 135 Å². The maximum atomic E-state index is 12.8. The van der Waals surface area contributed by atoms with Crippen molar-refractivity contribution in [3.8, 4) is 0 Å². The summed E-state index contributed by atoms with van der Waals surface area (Å²) in [6.45, 7) is 5.44. The van der Waals surface area contributed by atoms with Crippen LogP contribution in [-0.4, -0.2) is 43.6 Å². The Morgan fingerprint density at radius 1 is 1.26 bits per heavy atom.